The number of benzene rings is 1. The van der Waals surface area contributed by atoms with Crippen LogP contribution in [0.1, 0.15) is 26.3 Å². The number of halogens is 3. The van der Waals surface area contributed by atoms with Crippen molar-refractivity contribution in [3.05, 3.63) is 29.8 Å². The molecule has 0 heterocycles. The molecule has 3 nitrogen and oxygen atoms in total. The molecule has 0 amide bonds. The summed E-state index contributed by atoms with van der Waals surface area (Å²) in [4.78, 5) is 0. The lowest BCUT2D eigenvalue weighted by Gasteiger charge is -2.30. The minimum Gasteiger partial charge on any atom is -0.370 e. The lowest BCUT2D eigenvalue weighted by Crippen LogP contribution is -2.58. The van der Waals surface area contributed by atoms with E-state index in [0.717, 1.165) is 6.07 Å². The highest BCUT2D eigenvalue weighted by molar-refractivity contribution is 6.75. The first-order chi connectivity index (χ1) is 9.41. The SMILES string of the molecule is CCO[Si](OCC)(OCC)c1ccccc1C(F)(F)F. The van der Waals surface area contributed by atoms with Gasteiger partial charge in [-0.25, -0.2) is 0 Å². The summed E-state index contributed by atoms with van der Waals surface area (Å²) in [6.45, 7) is 5.78. The largest absolute Gasteiger partial charge is 0.537 e. The number of alkyl halides is 3. The van der Waals surface area contributed by atoms with Crippen molar-refractivity contribution in [2.45, 2.75) is 26.9 Å². The van der Waals surface area contributed by atoms with E-state index in [2.05, 4.69) is 0 Å². The van der Waals surface area contributed by atoms with Gasteiger partial charge in [-0.3, -0.25) is 0 Å². The monoisotopic (exact) mass is 308 g/mol. The lowest BCUT2D eigenvalue weighted by molar-refractivity contribution is -0.137. The van der Waals surface area contributed by atoms with Crippen LogP contribution < -0.4 is 5.19 Å². The Hall–Kier alpha value is -0.893. The standard InChI is InChI=1S/C13H19F3O3Si/c1-4-17-20(18-5-2,19-6-3)12-10-8-7-9-11(12)13(14,15)16/h7-10H,4-6H2,1-3H3. The van der Waals surface area contributed by atoms with Crippen molar-refractivity contribution in [2.75, 3.05) is 19.8 Å². The van der Waals surface area contributed by atoms with E-state index in [1.165, 1.54) is 18.2 Å². The van der Waals surface area contributed by atoms with Gasteiger partial charge in [-0.1, -0.05) is 18.2 Å². The average molecular weight is 308 g/mol. The summed E-state index contributed by atoms with van der Waals surface area (Å²) < 4.78 is 56.0. The molecule has 0 aliphatic rings. The maximum absolute atomic E-state index is 13.2. The molecule has 0 fully saturated rings. The minimum atomic E-state index is -4.47. The molecule has 0 bridgehead atoms. The van der Waals surface area contributed by atoms with Gasteiger partial charge in [0.15, 0.2) is 0 Å². The summed E-state index contributed by atoms with van der Waals surface area (Å²) in [5.74, 6) is 0. The lowest BCUT2D eigenvalue weighted by atomic mass is 10.2. The fourth-order valence-corrected chi connectivity index (χ4v) is 4.64. The summed E-state index contributed by atoms with van der Waals surface area (Å²) in [7, 11) is -3.55. The Kier molecular flexibility index (Phi) is 6.19. The predicted molar refractivity (Wildman–Crippen MR) is 71.7 cm³/mol. The Bertz CT molecular complexity index is 407. The van der Waals surface area contributed by atoms with Gasteiger partial charge in [0.1, 0.15) is 0 Å². The van der Waals surface area contributed by atoms with Crippen LogP contribution in [0, 0.1) is 0 Å². The molecule has 1 aromatic rings. The van der Waals surface area contributed by atoms with Gasteiger partial charge in [-0.2, -0.15) is 13.2 Å². The van der Waals surface area contributed by atoms with Crippen LogP contribution >= 0.6 is 0 Å². The van der Waals surface area contributed by atoms with Crippen molar-refractivity contribution >= 4 is 14.0 Å². The van der Waals surface area contributed by atoms with Gasteiger partial charge in [0.2, 0.25) is 0 Å². The third kappa shape index (κ3) is 3.82. The molecule has 0 aromatic heterocycles. The van der Waals surface area contributed by atoms with E-state index >= 15 is 0 Å². The van der Waals surface area contributed by atoms with Gasteiger partial charge in [-0.15, -0.1) is 0 Å². The molecule has 0 atom stereocenters. The fraction of sp³-hybridized carbons (Fsp3) is 0.538. The molecule has 0 saturated heterocycles. The van der Waals surface area contributed by atoms with Crippen molar-refractivity contribution in [3.63, 3.8) is 0 Å². The van der Waals surface area contributed by atoms with Gasteiger partial charge in [0.05, 0.1) is 5.56 Å². The smallest absolute Gasteiger partial charge is 0.370 e. The number of hydrogen-bond donors (Lipinski definition) is 0. The van der Waals surface area contributed by atoms with Crippen LogP contribution in [0.4, 0.5) is 13.2 Å². The van der Waals surface area contributed by atoms with Gasteiger partial charge >= 0.3 is 15.0 Å². The van der Waals surface area contributed by atoms with E-state index in [-0.39, 0.29) is 25.0 Å². The molecule has 0 N–H and O–H groups in total. The van der Waals surface area contributed by atoms with Gasteiger partial charge in [0.25, 0.3) is 0 Å². The minimum absolute atomic E-state index is 0.0296. The fourth-order valence-electron chi connectivity index (χ4n) is 1.93. The summed E-state index contributed by atoms with van der Waals surface area (Å²) >= 11 is 0. The topological polar surface area (TPSA) is 27.7 Å². The maximum atomic E-state index is 13.2. The van der Waals surface area contributed by atoms with E-state index < -0.39 is 20.5 Å². The molecule has 1 rings (SSSR count). The molecule has 0 saturated carbocycles. The molecule has 20 heavy (non-hydrogen) atoms. The third-order valence-electron chi connectivity index (χ3n) is 2.57. The zero-order valence-corrected chi connectivity index (χ0v) is 12.8. The van der Waals surface area contributed by atoms with Crippen LogP contribution in [-0.4, -0.2) is 28.6 Å². The van der Waals surface area contributed by atoms with E-state index in [4.69, 9.17) is 13.3 Å². The molecule has 0 radical (unpaired) electrons. The molecule has 1 aromatic carbocycles. The Morgan fingerprint density at radius 3 is 1.75 bits per heavy atom. The van der Waals surface area contributed by atoms with Crippen molar-refractivity contribution in [1.82, 2.24) is 0 Å². The van der Waals surface area contributed by atoms with Crippen LogP contribution in [0.5, 0.6) is 0 Å². The summed E-state index contributed by atoms with van der Waals surface area (Å²) in [5, 5.41) is -0.0296. The van der Waals surface area contributed by atoms with Gasteiger partial charge < -0.3 is 13.3 Å². The van der Waals surface area contributed by atoms with Crippen molar-refractivity contribution in [3.8, 4) is 0 Å². The highest BCUT2D eigenvalue weighted by Crippen LogP contribution is 2.30. The average Bonchev–Trinajstić information content (AvgIpc) is 2.38. The first-order valence-corrected chi connectivity index (χ1v) is 8.22. The molecular weight excluding hydrogens is 289 g/mol. The first-order valence-electron chi connectivity index (χ1n) is 6.49. The van der Waals surface area contributed by atoms with Crippen LogP contribution in [0.2, 0.25) is 0 Å². The van der Waals surface area contributed by atoms with E-state index in [0.29, 0.717) is 0 Å². The van der Waals surface area contributed by atoms with Gasteiger partial charge in [0, 0.05) is 25.0 Å². The normalized spacial score (nSPS) is 12.7. The quantitative estimate of drug-likeness (QED) is 0.725. The zero-order chi connectivity index (χ0) is 15.2. The second kappa shape index (κ2) is 7.21. The second-order valence-electron chi connectivity index (χ2n) is 3.90. The highest BCUT2D eigenvalue weighted by Gasteiger charge is 2.49. The van der Waals surface area contributed by atoms with Crippen LogP contribution in [0.15, 0.2) is 24.3 Å². The molecule has 7 heteroatoms. The summed E-state index contributed by atoms with van der Waals surface area (Å²) in [6, 6.07) is 5.27. The molecule has 0 aliphatic heterocycles. The summed E-state index contributed by atoms with van der Waals surface area (Å²) in [6.07, 6.45) is -4.47. The third-order valence-corrected chi connectivity index (χ3v) is 5.67. The molecule has 0 spiro atoms. The van der Waals surface area contributed by atoms with Gasteiger partial charge in [-0.05, 0) is 26.8 Å². The Balaban J connectivity index is 3.39. The Morgan fingerprint density at radius 2 is 1.35 bits per heavy atom. The van der Waals surface area contributed by atoms with Crippen LogP contribution in [0.3, 0.4) is 0 Å². The molecule has 0 unspecified atom stereocenters. The molecule has 114 valence electrons. The number of hydrogen-bond acceptors (Lipinski definition) is 3. The van der Waals surface area contributed by atoms with E-state index in [9.17, 15) is 13.2 Å². The Morgan fingerprint density at radius 1 is 0.900 bits per heavy atom. The summed E-state index contributed by atoms with van der Waals surface area (Å²) in [5.41, 5.74) is -0.762. The molecule has 0 aliphatic carbocycles. The first kappa shape index (κ1) is 17.2. The van der Waals surface area contributed by atoms with Crippen LogP contribution in [-0.2, 0) is 19.5 Å². The van der Waals surface area contributed by atoms with Crippen molar-refractivity contribution < 1.29 is 26.4 Å². The van der Waals surface area contributed by atoms with Crippen molar-refractivity contribution in [1.29, 1.82) is 0 Å². The predicted octanol–water partition coefficient (Wildman–Crippen LogP) is 2.96. The van der Waals surface area contributed by atoms with E-state index in [1.807, 2.05) is 0 Å². The van der Waals surface area contributed by atoms with E-state index in [1.54, 1.807) is 20.8 Å². The zero-order valence-electron chi connectivity index (χ0n) is 11.8. The number of rotatable bonds is 7. The second-order valence-corrected chi connectivity index (χ2v) is 6.42. The maximum Gasteiger partial charge on any atom is 0.537 e. The van der Waals surface area contributed by atoms with Crippen LogP contribution in [0.25, 0.3) is 0 Å². The Labute approximate surface area is 118 Å². The van der Waals surface area contributed by atoms with Crippen molar-refractivity contribution in [2.24, 2.45) is 0 Å². The highest BCUT2D eigenvalue weighted by atomic mass is 28.4. The molecular formula is C13H19F3O3Si.